The fraction of sp³-hybridized carbons (Fsp3) is 0.174. The molecule has 7 heteroatoms. The quantitative estimate of drug-likeness (QED) is 0.436. The van der Waals surface area contributed by atoms with Gasteiger partial charge in [-0.1, -0.05) is 42.5 Å². The van der Waals surface area contributed by atoms with Crippen LogP contribution in [0.25, 0.3) is 0 Å². The summed E-state index contributed by atoms with van der Waals surface area (Å²) in [5, 5.41) is 17.5. The first-order valence-corrected chi connectivity index (χ1v) is 9.67. The molecule has 4 rings (SSSR count). The van der Waals surface area contributed by atoms with E-state index >= 15 is 0 Å². The lowest BCUT2D eigenvalue weighted by atomic mass is 9.98. The summed E-state index contributed by atoms with van der Waals surface area (Å²) in [6, 6.07) is 19.3. The molecule has 30 heavy (non-hydrogen) atoms. The van der Waals surface area contributed by atoms with Gasteiger partial charge in [-0.05, 0) is 48.2 Å². The summed E-state index contributed by atoms with van der Waals surface area (Å²) >= 11 is 0. The Kier molecular flexibility index (Phi) is 5.43. The molecule has 3 aromatic rings. The molecular weight excluding hydrogens is 385 g/mol. The number of halogens is 1. The SMILES string of the molecule is O=C(NC(c1ccccc1)c1ccc(F)cc1)c1ccc(NC2CC2)c([N+](=O)[O-])c1. The molecular formula is C23H20FN3O3. The van der Waals surface area contributed by atoms with Crippen molar-refractivity contribution in [2.75, 3.05) is 5.32 Å². The number of carbonyl (C=O) groups is 1. The topological polar surface area (TPSA) is 84.3 Å². The van der Waals surface area contributed by atoms with E-state index in [-0.39, 0.29) is 23.1 Å². The highest BCUT2D eigenvalue weighted by Gasteiger charge is 2.26. The number of nitrogens with one attached hydrogen (secondary N) is 2. The van der Waals surface area contributed by atoms with E-state index in [0.29, 0.717) is 11.3 Å². The molecule has 0 radical (unpaired) electrons. The first-order valence-electron chi connectivity index (χ1n) is 9.67. The highest BCUT2D eigenvalue weighted by molar-refractivity contribution is 5.96. The summed E-state index contributed by atoms with van der Waals surface area (Å²) in [5.41, 5.74) is 1.99. The van der Waals surface area contributed by atoms with Crippen LogP contribution < -0.4 is 10.6 Å². The largest absolute Gasteiger partial charge is 0.377 e. The van der Waals surface area contributed by atoms with Crippen LogP contribution in [0.5, 0.6) is 0 Å². The van der Waals surface area contributed by atoms with Gasteiger partial charge < -0.3 is 10.6 Å². The third-order valence-electron chi connectivity index (χ3n) is 5.01. The number of anilines is 1. The molecule has 0 saturated heterocycles. The fourth-order valence-corrected chi connectivity index (χ4v) is 3.27. The van der Waals surface area contributed by atoms with Crippen molar-refractivity contribution in [1.29, 1.82) is 0 Å². The van der Waals surface area contributed by atoms with Crippen LogP contribution in [0.2, 0.25) is 0 Å². The number of rotatable bonds is 7. The van der Waals surface area contributed by atoms with Crippen molar-refractivity contribution >= 4 is 17.3 Å². The van der Waals surface area contributed by atoms with Crippen LogP contribution in [-0.4, -0.2) is 16.9 Å². The number of benzene rings is 3. The molecule has 0 bridgehead atoms. The first-order chi connectivity index (χ1) is 14.5. The lowest BCUT2D eigenvalue weighted by Gasteiger charge is -2.20. The van der Waals surface area contributed by atoms with E-state index in [1.54, 1.807) is 24.3 Å². The van der Waals surface area contributed by atoms with Gasteiger partial charge in [-0.2, -0.15) is 0 Å². The fourth-order valence-electron chi connectivity index (χ4n) is 3.27. The van der Waals surface area contributed by atoms with Gasteiger partial charge in [0.25, 0.3) is 11.6 Å². The molecule has 1 aliphatic carbocycles. The highest BCUT2D eigenvalue weighted by Crippen LogP contribution is 2.32. The third-order valence-corrected chi connectivity index (χ3v) is 5.01. The number of carbonyl (C=O) groups excluding carboxylic acids is 1. The van der Waals surface area contributed by atoms with E-state index in [4.69, 9.17) is 0 Å². The molecule has 1 saturated carbocycles. The molecule has 1 amide bonds. The Morgan fingerprint density at radius 2 is 1.67 bits per heavy atom. The highest BCUT2D eigenvalue weighted by atomic mass is 19.1. The Morgan fingerprint density at radius 1 is 1.00 bits per heavy atom. The van der Waals surface area contributed by atoms with Crippen molar-refractivity contribution in [1.82, 2.24) is 5.32 Å². The maximum Gasteiger partial charge on any atom is 0.293 e. The summed E-state index contributed by atoms with van der Waals surface area (Å²) < 4.78 is 13.4. The van der Waals surface area contributed by atoms with Crippen LogP contribution >= 0.6 is 0 Å². The minimum Gasteiger partial charge on any atom is -0.377 e. The zero-order valence-corrected chi connectivity index (χ0v) is 16.0. The molecule has 1 unspecified atom stereocenters. The smallest absolute Gasteiger partial charge is 0.293 e. The van der Waals surface area contributed by atoms with Crippen molar-refractivity contribution in [3.63, 3.8) is 0 Å². The minimum atomic E-state index is -0.525. The number of hydrogen-bond donors (Lipinski definition) is 2. The predicted octanol–water partition coefficient (Wildman–Crippen LogP) is 4.83. The molecule has 1 atom stereocenters. The molecule has 0 aliphatic heterocycles. The van der Waals surface area contributed by atoms with Crippen molar-refractivity contribution in [2.45, 2.75) is 24.9 Å². The first kappa shape index (κ1) is 19.6. The molecule has 0 spiro atoms. The Morgan fingerprint density at radius 3 is 2.30 bits per heavy atom. The molecule has 0 aromatic heterocycles. The number of hydrogen-bond acceptors (Lipinski definition) is 4. The Labute approximate surface area is 172 Å². The molecule has 1 fully saturated rings. The second kappa shape index (κ2) is 8.32. The van der Waals surface area contributed by atoms with Gasteiger partial charge in [-0.15, -0.1) is 0 Å². The zero-order valence-electron chi connectivity index (χ0n) is 16.0. The average molecular weight is 405 g/mol. The Bertz CT molecular complexity index is 1070. The number of amides is 1. The molecule has 2 N–H and O–H groups in total. The van der Waals surface area contributed by atoms with Gasteiger partial charge in [0.05, 0.1) is 11.0 Å². The second-order valence-electron chi connectivity index (χ2n) is 7.28. The van der Waals surface area contributed by atoms with Crippen molar-refractivity contribution in [2.24, 2.45) is 0 Å². The van der Waals surface area contributed by atoms with Crippen LogP contribution in [0.15, 0.2) is 72.8 Å². The maximum atomic E-state index is 13.4. The van der Waals surface area contributed by atoms with Crippen LogP contribution in [0.4, 0.5) is 15.8 Å². The summed E-state index contributed by atoms with van der Waals surface area (Å²) in [7, 11) is 0. The van der Waals surface area contributed by atoms with Crippen LogP contribution in [-0.2, 0) is 0 Å². The molecule has 6 nitrogen and oxygen atoms in total. The summed E-state index contributed by atoms with van der Waals surface area (Å²) in [5.74, 6) is -0.819. The van der Waals surface area contributed by atoms with E-state index in [9.17, 15) is 19.3 Å². The van der Waals surface area contributed by atoms with E-state index < -0.39 is 16.9 Å². The van der Waals surface area contributed by atoms with Crippen molar-refractivity contribution in [3.8, 4) is 0 Å². The zero-order chi connectivity index (χ0) is 21.1. The van der Waals surface area contributed by atoms with Crippen molar-refractivity contribution in [3.05, 3.63) is 105 Å². The van der Waals surface area contributed by atoms with E-state index in [0.717, 1.165) is 18.4 Å². The normalized spacial score (nSPS) is 14.0. The monoisotopic (exact) mass is 405 g/mol. The predicted molar refractivity (Wildman–Crippen MR) is 112 cm³/mol. The van der Waals surface area contributed by atoms with Gasteiger partial charge in [0.2, 0.25) is 0 Å². The third kappa shape index (κ3) is 4.46. The number of nitrogens with zero attached hydrogens (tertiary/aromatic N) is 1. The van der Waals surface area contributed by atoms with E-state index in [2.05, 4.69) is 10.6 Å². The van der Waals surface area contributed by atoms with Gasteiger partial charge >= 0.3 is 0 Å². The minimum absolute atomic E-state index is 0.132. The van der Waals surface area contributed by atoms with E-state index in [1.807, 2.05) is 30.3 Å². The van der Waals surface area contributed by atoms with Gasteiger partial charge in [-0.25, -0.2) is 4.39 Å². The number of nitro groups is 1. The Balaban J connectivity index is 1.63. The lowest BCUT2D eigenvalue weighted by Crippen LogP contribution is -2.29. The summed E-state index contributed by atoms with van der Waals surface area (Å²) in [6.45, 7) is 0. The summed E-state index contributed by atoms with van der Waals surface area (Å²) in [6.07, 6.45) is 1.96. The van der Waals surface area contributed by atoms with Gasteiger partial charge in [0.15, 0.2) is 0 Å². The molecule has 0 heterocycles. The number of nitro benzene ring substituents is 1. The molecule has 1 aliphatic rings. The van der Waals surface area contributed by atoms with Crippen LogP contribution in [0.3, 0.4) is 0 Å². The van der Waals surface area contributed by atoms with Gasteiger partial charge in [0.1, 0.15) is 11.5 Å². The molecule has 152 valence electrons. The van der Waals surface area contributed by atoms with Crippen LogP contribution in [0, 0.1) is 15.9 Å². The maximum absolute atomic E-state index is 13.4. The Hall–Kier alpha value is -3.74. The second-order valence-corrected chi connectivity index (χ2v) is 7.28. The average Bonchev–Trinajstić information content (AvgIpc) is 3.57. The standard InChI is InChI=1S/C23H20FN3O3/c24-18-9-6-16(7-10-18)22(15-4-2-1-3-5-15)26-23(28)17-8-13-20(25-19-11-12-19)21(14-17)27(29)30/h1-10,13-14,19,22,25H,11-12H2,(H,26,28). The van der Waals surface area contributed by atoms with Crippen LogP contribution in [0.1, 0.15) is 40.4 Å². The molecule has 3 aromatic carbocycles. The lowest BCUT2D eigenvalue weighted by molar-refractivity contribution is -0.384. The van der Waals surface area contributed by atoms with Crippen molar-refractivity contribution < 1.29 is 14.1 Å². The van der Waals surface area contributed by atoms with E-state index in [1.165, 1.54) is 18.2 Å². The summed E-state index contributed by atoms with van der Waals surface area (Å²) in [4.78, 5) is 24.0. The van der Waals surface area contributed by atoms with Gasteiger partial charge in [-0.3, -0.25) is 14.9 Å². The van der Waals surface area contributed by atoms with Gasteiger partial charge in [0, 0.05) is 17.7 Å².